The topological polar surface area (TPSA) is 32.8 Å². The molecule has 1 aliphatic heterocycles. The van der Waals surface area contributed by atoms with Gasteiger partial charge in [-0.2, -0.15) is 0 Å². The van der Waals surface area contributed by atoms with Crippen LogP contribution < -0.4 is 9.64 Å². The third kappa shape index (κ3) is 4.13. The zero-order valence-electron chi connectivity index (χ0n) is 13.2. The molecule has 0 saturated carbocycles. The van der Waals surface area contributed by atoms with E-state index in [1.165, 1.54) is 0 Å². The van der Waals surface area contributed by atoms with Gasteiger partial charge in [0.05, 0.1) is 12.3 Å². The molecule has 4 nitrogen and oxygen atoms in total. The lowest BCUT2D eigenvalue weighted by molar-refractivity contribution is -0.131. The van der Waals surface area contributed by atoms with Gasteiger partial charge in [-0.1, -0.05) is 25.5 Å². The molecule has 1 heterocycles. The maximum absolute atomic E-state index is 12.1. The lowest BCUT2D eigenvalue weighted by Gasteiger charge is -2.36. The Bertz CT molecular complexity index is 454. The van der Waals surface area contributed by atoms with E-state index in [9.17, 15) is 4.79 Å². The Morgan fingerprint density at radius 2 is 1.86 bits per heavy atom. The van der Waals surface area contributed by atoms with E-state index in [1.807, 2.05) is 30.0 Å². The molecule has 0 aromatic heterocycles. The number of carbonyl (C=O) groups is 1. The Morgan fingerprint density at radius 1 is 1.14 bits per heavy atom. The second-order valence-corrected chi connectivity index (χ2v) is 5.37. The van der Waals surface area contributed by atoms with Crippen molar-refractivity contribution in [2.75, 3.05) is 37.7 Å². The molecule has 1 aliphatic rings. The van der Waals surface area contributed by atoms with Crippen molar-refractivity contribution < 1.29 is 9.53 Å². The van der Waals surface area contributed by atoms with Gasteiger partial charge in [-0.05, 0) is 25.5 Å². The van der Waals surface area contributed by atoms with E-state index in [2.05, 4.69) is 17.9 Å². The highest BCUT2D eigenvalue weighted by Gasteiger charge is 2.22. The Morgan fingerprint density at radius 3 is 2.52 bits per heavy atom. The van der Waals surface area contributed by atoms with Crippen molar-refractivity contribution in [1.82, 2.24) is 4.90 Å². The van der Waals surface area contributed by atoms with Crippen molar-refractivity contribution in [3.05, 3.63) is 24.3 Å². The second-order valence-electron chi connectivity index (χ2n) is 5.37. The van der Waals surface area contributed by atoms with Crippen LogP contribution in [0.5, 0.6) is 5.75 Å². The molecule has 116 valence electrons. The normalized spacial score (nSPS) is 15.1. The van der Waals surface area contributed by atoms with Crippen molar-refractivity contribution in [3.63, 3.8) is 0 Å². The number of carbonyl (C=O) groups excluding carboxylic acids is 1. The largest absolute Gasteiger partial charge is 0.492 e. The molecule has 1 saturated heterocycles. The minimum atomic E-state index is 0.301. The number of hydrogen-bond acceptors (Lipinski definition) is 3. The zero-order valence-corrected chi connectivity index (χ0v) is 13.2. The number of piperazine rings is 1. The first-order chi connectivity index (χ1) is 10.3. The molecular formula is C17H26N2O2. The van der Waals surface area contributed by atoms with E-state index in [0.29, 0.717) is 18.9 Å². The fourth-order valence-electron chi connectivity index (χ4n) is 2.68. The molecule has 1 aromatic carbocycles. The average Bonchev–Trinajstić information content (AvgIpc) is 2.53. The van der Waals surface area contributed by atoms with Crippen LogP contribution in [-0.4, -0.2) is 43.6 Å². The molecule has 21 heavy (non-hydrogen) atoms. The fourth-order valence-corrected chi connectivity index (χ4v) is 2.68. The van der Waals surface area contributed by atoms with Crippen LogP contribution in [0.3, 0.4) is 0 Å². The molecule has 4 heteroatoms. The van der Waals surface area contributed by atoms with Crippen molar-refractivity contribution in [2.24, 2.45) is 0 Å². The number of ether oxygens (including phenoxy) is 1. The van der Waals surface area contributed by atoms with Crippen LogP contribution in [0.4, 0.5) is 5.69 Å². The SMILES string of the molecule is CCCCC(=O)N1CCN(c2ccccc2OCC)CC1. The van der Waals surface area contributed by atoms with Crippen molar-refractivity contribution in [3.8, 4) is 5.75 Å². The van der Waals surface area contributed by atoms with E-state index < -0.39 is 0 Å². The summed E-state index contributed by atoms with van der Waals surface area (Å²) in [6, 6.07) is 8.15. The summed E-state index contributed by atoms with van der Waals surface area (Å²) in [5.41, 5.74) is 1.14. The standard InChI is InChI=1S/C17H26N2O2/c1-3-5-10-17(20)19-13-11-18(12-14-19)15-8-6-7-9-16(15)21-4-2/h6-9H,3-5,10-14H2,1-2H3. The first-order valence-electron chi connectivity index (χ1n) is 8.00. The minimum Gasteiger partial charge on any atom is -0.492 e. The molecule has 1 aromatic rings. The molecule has 0 N–H and O–H groups in total. The summed E-state index contributed by atoms with van der Waals surface area (Å²) in [6.45, 7) is 8.17. The maximum Gasteiger partial charge on any atom is 0.222 e. The summed E-state index contributed by atoms with van der Waals surface area (Å²) in [5, 5.41) is 0. The smallest absolute Gasteiger partial charge is 0.222 e. The number of para-hydroxylation sites is 2. The predicted molar refractivity (Wildman–Crippen MR) is 85.9 cm³/mol. The third-order valence-electron chi connectivity index (χ3n) is 3.88. The second kappa shape index (κ2) is 7.91. The molecule has 2 rings (SSSR count). The first-order valence-corrected chi connectivity index (χ1v) is 8.00. The van der Waals surface area contributed by atoms with Crippen LogP contribution in [0.2, 0.25) is 0 Å². The van der Waals surface area contributed by atoms with Gasteiger partial charge in [-0.15, -0.1) is 0 Å². The first kappa shape index (κ1) is 15.7. The number of amides is 1. The lowest BCUT2D eigenvalue weighted by Crippen LogP contribution is -2.48. The lowest BCUT2D eigenvalue weighted by atomic mass is 10.2. The molecule has 0 spiro atoms. The summed E-state index contributed by atoms with van der Waals surface area (Å²) in [7, 11) is 0. The Kier molecular flexibility index (Phi) is 5.90. The van der Waals surface area contributed by atoms with Crippen LogP contribution in [0, 0.1) is 0 Å². The van der Waals surface area contributed by atoms with Crippen LogP contribution in [-0.2, 0) is 4.79 Å². The van der Waals surface area contributed by atoms with Gasteiger partial charge < -0.3 is 14.5 Å². The molecule has 1 amide bonds. The summed E-state index contributed by atoms with van der Waals surface area (Å²) in [4.78, 5) is 16.4. The number of benzene rings is 1. The zero-order chi connectivity index (χ0) is 15.1. The summed E-state index contributed by atoms with van der Waals surface area (Å²) >= 11 is 0. The Balaban J connectivity index is 1.93. The molecular weight excluding hydrogens is 264 g/mol. The summed E-state index contributed by atoms with van der Waals surface area (Å²) in [5.74, 6) is 1.24. The highest BCUT2D eigenvalue weighted by molar-refractivity contribution is 5.76. The predicted octanol–water partition coefficient (Wildman–Crippen LogP) is 2.92. The van der Waals surface area contributed by atoms with Crippen molar-refractivity contribution in [1.29, 1.82) is 0 Å². The third-order valence-corrected chi connectivity index (χ3v) is 3.88. The summed E-state index contributed by atoms with van der Waals surface area (Å²) in [6.07, 6.45) is 2.76. The Hall–Kier alpha value is -1.71. The minimum absolute atomic E-state index is 0.301. The molecule has 0 unspecified atom stereocenters. The number of nitrogens with zero attached hydrogens (tertiary/aromatic N) is 2. The fraction of sp³-hybridized carbons (Fsp3) is 0.588. The quantitative estimate of drug-likeness (QED) is 0.807. The number of hydrogen-bond donors (Lipinski definition) is 0. The Labute approximate surface area is 127 Å². The van der Waals surface area contributed by atoms with Gasteiger partial charge in [0.2, 0.25) is 5.91 Å². The van der Waals surface area contributed by atoms with Crippen LogP contribution in [0.25, 0.3) is 0 Å². The van der Waals surface area contributed by atoms with Crippen molar-refractivity contribution in [2.45, 2.75) is 33.1 Å². The van der Waals surface area contributed by atoms with Gasteiger partial charge in [0.15, 0.2) is 0 Å². The van der Waals surface area contributed by atoms with E-state index in [4.69, 9.17) is 4.74 Å². The molecule has 0 atom stereocenters. The van der Waals surface area contributed by atoms with E-state index in [0.717, 1.165) is 50.5 Å². The molecule has 0 aliphatic carbocycles. The van der Waals surface area contributed by atoms with Gasteiger partial charge in [-0.25, -0.2) is 0 Å². The number of anilines is 1. The van der Waals surface area contributed by atoms with Gasteiger partial charge in [0.1, 0.15) is 5.75 Å². The highest BCUT2D eigenvalue weighted by Crippen LogP contribution is 2.28. The van der Waals surface area contributed by atoms with Gasteiger partial charge in [0, 0.05) is 32.6 Å². The van der Waals surface area contributed by atoms with Crippen LogP contribution in [0.15, 0.2) is 24.3 Å². The highest BCUT2D eigenvalue weighted by atomic mass is 16.5. The van der Waals surface area contributed by atoms with E-state index in [1.54, 1.807) is 0 Å². The molecule has 0 radical (unpaired) electrons. The van der Waals surface area contributed by atoms with E-state index >= 15 is 0 Å². The number of rotatable bonds is 6. The van der Waals surface area contributed by atoms with Gasteiger partial charge in [-0.3, -0.25) is 4.79 Å². The van der Waals surface area contributed by atoms with Gasteiger partial charge in [0.25, 0.3) is 0 Å². The van der Waals surface area contributed by atoms with Gasteiger partial charge >= 0.3 is 0 Å². The van der Waals surface area contributed by atoms with Crippen LogP contribution in [0.1, 0.15) is 33.1 Å². The molecule has 0 bridgehead atoms. The molecule has 1 fully saturated rings. The maximum atomic E-state index is 12.1. The van der Waals surface area contributed by atoms with Crippen molar-refractivity contribution >= 4 is 11.6 Å². The van der Waals surface area contributed by atoms with Crippen LogP contribution >= 0.6 is 0 Å². The number of unbranched alkanes of at least 4 members (excludes halogenated alkanes) is 1. The average molecular weight is 290 g/mol. The summed E-state index contributed by atoms with van der Waals surface area (Å²) < 4.78 is 5.70. The monoisotopic (exact) mass is 290 g/mol. The van der Waals surface area contributed by atoms with E-state index in [-0.39, 0.29) is 0 Å².